The van der Waals surface area contributed by atoms with Gasteiger partial charge in [0.05, 0.1) is 0 Å². The normalized spacial score (nSPS) is 16.8. The highest BCUT2D eigenvalue weighted by Gasteiger charge is 2.27. The van der Waals surface area contributed by atoms with Crippen LogP contribution >= 0.6 is 0 Å². The molecule has 5 heteroatoms. The van der Waals surface area contributed by atoms with Crippen LogP contribution in [0.3, 0.4) is 0 Å². The molecule has 1 atom stereocenters. The third kappa shape index (κ3) is 5.85. The van der Waals surface area contributed by atoms with Crippen molar-refractivity contribution in [3.8, 4) is 11.1 Å². The third-order valence-electron chi connectivity index (χ3n) is 5.28. The fourth-order valence-electron chi connectivity index (χ4n) is 3.82. The van der Waals surface area contributed by atoms with Crippen LogP contribution in [-0.4, -0.2) is 54.1 Å². The van der Waals surface area contributed by atoms with Crippen molar-refractivity contribution < 1.29 is 14.3 Å². The highest BCUT2D eigenvalue weighted by Crippen LogP contribution is 2.23. The molecule has 0 spiro atoms. The van der Waals surface area contributed by atoms with Crippen molar-refractivity contribution in [1.82, 2.24) is 9.80 Å². The molecule has 0 saturated carbocycles. The molecule has 0 aliphatic carbocycles. The molecule has 5 nitrogen and oxygen atoms in total. The molecule has 0 radical (unpaired) electrons. The van der Waals surface area contributed by atoms with Gasteiger partial charge in [-0.3, -0.25) is 4.79 Å². The summed E-state index contributed by atoms with van der Waals surface area (Å²) in [5.41, 5.74) is 2.43. The first-order chi connectivity index (χ1) is 14.2. The van der Waals surface area contributed by atoms with Crippen LogP contribution < -0.4 is 0 Å². The lowest BCUT2D eigenvalue weighted by Crippen LogP contribution is -2.45. The second-order valence-corrected chi connectivity index (χ2v) is 9.06. The Bertz CT molecular complexity index is 856. The second kappa shape index (κ2) is 9.33. The Balaban J connectivity index is 1.59. The smallest absolute Gasteiger partial charge is 0.410 e. The van der Waals surface area contributed by atoms with Crippen molar-refractivity contribution in [2.24, 2.45) is 5.92 Å². The highest BCUT2D eigenvalue weighted by atomic mass is 16.6. The van der Waals surface area contributed by atoms with E-state index in [1.54, 1.807) is 11.9 Å². The Morgan fingerprint density at radius 3 is 2.30 bits per heavy atom. The van der Waals surface area contributed by atoms with Gasteiger partial charge in [0.1, 0.15) is 5.60 Å². The van der Waals surface area contributed by atoms with Crippen LogP contribution in [0.15, 0.2) is 54.6 Å². The SMILES string of the molecule is CN(CC1CCCN(C(=O)c2ccc(-c3ccccc3)cc2)C1)C(=O)OC(C)(C)C. The molecule has 1 aliphatic heterocycles. The number of hydrogen-bond donors (Lipinski definition) is 0. The van der Waals surface area contributed by atoms with E-state index in [-0.39, 0.29) is 17.9 Å². The number of amides is 2. The van der Waals surface area contributed by atoms with Gasteiger partial charge in [-0.2, -0.15) is 0 Å². The zero-order valence-corrected chi connectivity index (χ0v) is 18.4. The van der Waals surface area contributed by atoms with Crippen LogP contribution in [-0.2, 0) is 4.74 Å². The molecule has 2 aromatic carbocycles. The van der Waals surface area contributed by atoms with Crippen molar-refractivity contribution >= 4 is 12.0 Å². The predicted molar refractivity (Wildman–Crippen MR) is 119 cm³/mol. The fraction of sp³-hybridized carbons (Fsp3) is 0.440. The summed E-state index contributed by atoms with van der Waals surface area (Å²) in [5, 5.41) is 0. The van der Waals surface area contributed by atoms with E-state index in [4.69, 9.17) is 4.74 Å². The van der Waals surface area contributed by atoms with Crippen molar-refractivity contribution in [2.75, 3.05) is 26.7 Å². The Hall–Kier alpha value is -2.82. The molecule has 2 aromatic rings. The summed E-state index contributed by atoms with van der Waals surface area (Å²) in [6.45, 7) is 7.60. The third-order valence-corrected chi connectivity index (χ3v) is 5.28. The minimum absolute atomic E-state index is 0.0548. The van der Waals surface area contributed by atoms with E-state index >= 15 is 0 Å². The van der Waals surface area contributed by atoms with Crippen molar-refractivity contribution in [2.45, 2.75) is 39.2 Å². The van der Waals surface area contributed by atoms with Gasteiger partial charge < -0.3 is 14.5 Å². The first-order valence-corrected chi connectivity index (χ1v) is 10.6. The van der Waals surface area contributed by atoms with Gasteiger partial charge >= 0.3 is 6.09 Å². The lowest BCUT2D eigenvalue weighted by Gasteiger charge is -2.35. The summed E-state index contributed by atoms with van der Waals surface area (Å²) in [6.07, 6.45) is 1.63. The van der Waals surface area contributed by atoms with Crippen molar-refractivity contribution in [3.05, 3.63) is 60.2 Å². The number of benzene rings is 2. The summed E-state index contributed by atoms with van der Waals surface area (Å²) in [6, 6.07) is 17.9. The highest BCUT2D eigenvalue weighted by molar-refractivity contribution is 5.94. The molecule has 160 valence electrons. The lowest BCUT2D eigenvalue weighted by molar-refractivity contribution is 0.0244. The maximum Gasteiger partial charge on any atom is 0.410 e. The minimum Gasteiger partial charge on any atom is -0.444 e. The predicted octanol–water partition coefficient (Wildman–Crippen LogP) is 5.07. The van der Waals surface area contributed by atoms with Gasteiger partial charge in [0.15, 0.2) is 0 Å². The van der Waals surface area contributed by atoms with Crippen molar-refractivity contribution in [1.29, 1.82) is 0 Å². The van der Waals surface area contributed by atoms with Gasteiger partial charge in [-0.15, -0.1) is 0 Å². The van der Waals surface area contributed by atoms with Crippen LogP contribution in [0.2, 0.25) is 0 Å². The molecule has 1 heterocycles. The molecule has 30 heavy (non-hydrogen) atoms. The summed E-state index contributed by atoms with van der Waals surface area (Å²) >= 11 is 0. The number of nitrogens with zero attached hydrogens (tertiary/aromatic N) is 2. The Labute approximate surface area is 179 Å². The Kier molecular flexibility index (Phi) is 6.80. The quantitative estimate of drug-likeness (QED) is 0.709. The van der Waals surface area contributed by atoms with Crippen LogP contribution in [0.25, 0.3) is 11.1 Å². The molecule has 1 saturated heterocycles. The summed E-state index contributed by atoms with van der Waals surface area (Å²) in [5.74, 6) is 0.308. The van der Waals surface area contributed by atoms with Gasteiger partial charge in [-0.1, -0.05) is 42.5 Å². The van der Waals surface area contributed by atoms with Crippen LogP contribution in [0.5, 0.6) is 0 Å². The van der Waals surface area contributed by atoms with Gasteiger partial charge in [-0.25, -0.2) is 4.79 Å². The maximum absolute atomic E-state index is 13.0. The maximum atomic E-state index is 13.0. The van der Waals surface area contributed by atoms with E-state index in [0.29, 0.717) is 18.7 Å². The zero-order chi connectivity index (χ0) is 21.7. The van der Waals surface area contributed by atoms with Gasteiger partial charge in [0, 0.05) is 32.2 Å². The number of carbonyl (C=O) groups is 2. The molecule has 1 fully saturated rings. The summed E-state index contributed by atoms with van der Waals surface area (Å²) in [7, 11) is 1.76. The number of likely N-dealkylation sites (tertiary alicyclic amines) is 1. The number of carbonyl (C=O) groups excluding carboxylic acids is 2. The largest absolute Gasteiger partial charge is 0.444 e. The fourth-order valence-corrected chi connectivity index (χ4v) is 3.82. The van der Waals surface area contributed by atoms with Crippen LogP contribution in [0.1, 0.15) is 44.0 Å². The number of rotatable bonds is 4. The van der Waals surface area contributed by atoms with E-state index in [2.05, 4.69) is 12.1 Å². The number of ether oxygens (including phenoxy) is 1. The van der Waals surface area contributed by atoms with E-state index in [1.807, 2.05) is 68.1 Å². The molecule has 3 rings (SSSR count). The average molecular weight is 409 g/mol. The standard InChI is InChI=1S/C25H32N2O3/c1-25(2,3)30-24(29)26(4)17-19-9-8-16-27(18-19)23(28)22-14-12-21(13-15-22)20-10-6-5-7-11-20/h5-7,10-15,19H,8-9,16-18H2,1-4H3. The molecule has 2 amide bonds. The Morgan fingerprint density at radius 2 is 1.67 bits per heavy atom. The van der Waals surface area contributed by atoms with Gasteiger partial charge in [-0.05, 0) is 62.8 Å². The van der Waals surface area contributed by atoms with Gasteiger partial charge in [0.25, 0.3) is 5.91 Å². The number of piperidine rings is 1. The van der Waals surface area contributed by atoms with Crippen LogP contribution in [0, 0.1) is 5.92 Å². The molecular weight excluding hydrogens is 376 g/mol. The zero-order valence-electron chi connectivity index (χ0n) is 18.4. The van der Waals surface area contributed by atoms with E-state index in [0.717, 1.165) is 30.5 Å². The van der Waals surface area contributed by atoms with E-state index in [9.17, 15) is 9.59 Å². The van der Waals surface area contributed by atoms with Crippen LogP contribution in [0.4, 0.5) is 4.79 Å². The molecular formula is C25H32N2O3. The van der Waals surface area contributed by atoms with Crippen molar-refractivity contribution in [3.63, 3.8) is 0 Å². The summed E-state index contributed by atoms with van der Waals surface area (Å²) < 4.78 is 5.44. The van der Waals surface area contributed by atoms with E-state index < -0.39 is 5.60 Å². The molecule has 1 aliphatic rings. The molecule has 0 N–H and O–H groups in total. The first-order valence-electron chi connectivity index (χ1n) is 10.6. The topological polar surface area (TPSA) is 49.9 Å². The molecule has 0 bridgehead atoms. The van der Waals surface area contributed by atoms with E-state index in [1.165, 1.54) is 0 Å². The second-order valence-electron chi connectivity index (χ2n) is 9.06. The minimum atomic E-state index is -0.508. The number of hydrogen-bond acceptors (Lipinski definition) is 3. The monoisotopic (exact) mass is 408 g/mol. The first kappa shape index (κ1) is 21.9. The molecule has 0 aromatic heterocycles. The lowest BCUT2D eigenvalue weighted by atomic mass is 9.96. The summed E-state index contributed by atoms with van der Waals surface area (Å²) in [4.78, 5) is 28.8. The Morgan fingerprint density at radius 1 is 1.03 bits per heavy atom. The molecule has 1 unspecified atom stereocenters. The van der Waals surface area contributed by atoms with Gasteiger partial charge in [0.2, 0.25) is 0 Å². The average Bonchev–Trinajstić information content (AvgIpc) is 2.73.